The number of hydrogen-bond acceptors (Lipinski definition) is 2. The molecule has 3 heteroatoms. The van der Waals surface area contributed by atoms with Crippen LogP contribution in [0.1, 0.15) is 81.9 Å². The lowest BCUT2D eigenvalue weighted by Gasteiger charge is -2.47. The number of amides is 1. The maximum atomic E-state index is 11.6. The predicted octanol–water partition coefficient (Wildman–Crippen LogP) is 4.82. The molecule has 0 radical (unpaired) electrons. The Balaban J connectivity index is 1.22. The van der Waals surface area contributed by atoms with Crippen LogP contribution >= 0.6 is 0 Å². The quantitative estimate of drug-likeness (QED) is 0.812. The van der Waals surface area contributed by atoms with Gasteiger partial charge in [-0.2, -0.15) is 0 Å². The summed E-state index contributed by atoms with van der Waals surface area (Å²) in [6, 6.07) is 9.12. The lowest BCUT2D eigenvalue weighted by molar-refractivity contribution is -0.119. The van der Waals surface area contributed by atoms with Crippen molar-refractivity contribution in [3.63, 3.8) is 0 Å². The first-order valence-electron chi connectivity index (χ1n) is 11.7. The van der Waals surface area contributed by atoms with Gasteiger partial charge in [-0.3, -0.25) is 4.79 Å². The van der Waals surface area contributed by atoms with E-state index in [9.17, 15) is 4.79 Å². The minimum absolute atomic E-state index is 0.0891. The minimum Gasteiger partial charge on any atom is -0.350 e. The van der Waals surface area contributed by atoms with E-state index in [0.29, 0.717) is 5.41 Å². The molecule has 1 amide bonds. The van der Waals surface area contributed by atoms with Crippen LogP contribution in [0.5, 0.6) is 0 Å². The molecule has 3 fully saturated rings. The van der Waals surface area contributed by atoms with E-state index in [0.717, 1.165) is 24.2 Å². The normalized spacial score (nSPS) is 33.8. The Kier molecular flexibility index (Phi) is 4.99. The molecule has 1 N–H and O–H groups in total. The maximum Gasteiger partial charge on any atom is 0.217 e. The van der Waals surface area contributed by atoms with Crippen molar-refractivity contribution >= 4 is 5.91 Å². The van der Waals surface area contributed by atoms with Gasteiger partial charge in [0.15, 0.2) is 0 Å². The van der Waals surface area contributed by atoms with Crippen molar-refractivity contribution in [1.82, 2.24) is 10.2 Å². The Morgan fingerprint density at radius 1 is 1.11 bits per heavy atom. The first-order chi connectivity index (χ1) is 13.6. The fourth-order valence-corrected chi connectivity index (χ4v) is 7.19. The lowest BCUT2D eigenvalue weighted by atomic mass is 9.63. The van der Waals surface area contributed by atoms with Crippen LogP contribution in [0, 0.1) is 17.8 Å². The average molecular weight is 381 g/mol. The van der Waals surface area contributed by atoms with Gasteiger partial charge >= 0.3 is 0 Å². The minimum atomic E-state index is 0.0891. The lowest BCUT2D eigenvalue weighted by Crippen LogP contribution is -2.46. The zero-order valence-electron chi connectivity index (χ0n) is 17.5. The Labute approximate surface area is 170 Å². The number of likely N-dealkylation sites (tertiary alicyclic amines) is 1. The summed E-state index contributed by atoms with van der Waals surface area (Å²) in [6.07, 6.45) is 12.4. The highest BCUT2D eigenvalue weighted by Gasteiger charge is 2.43. The molecule has 1 spiro atoms. The van der Waals surface area contributed by atoms with Crippen LogP contribution in [0.25, 0.3) is 0 Å². The number of carbonyl (C=O) groups excluding carboxylic acids is 1. The molecule has 1 heterocycles. The molecule has 3 nitrogen and oxygen atoms in total. The maximum absolute atomic E-state index is 11.6. The van der Waals surface area contributed by atoms with Crippen LogP contribution in [-0.4, -0.2) is 30.4 Å². The molecule has 1 aromatic rings. The summed E-state index contributed by atoms with van der Waals surface area (Å²) in [6.45, 7) is 5.46. The molecule has 0 aromatic heterocycles. The van der Waals surface area contributed by atoms with Crippen LogP contribution in [0.2, 0.25) is 0 Å². The Morgan fingerprint density at radius 3 is 2.64 bits per heavy atom. The number of piperidine rings is 1. The smallest absolute Gasteiger partial charge is 0.217 e. The molecule has 1 aromatic carbocycles. The number of hydrogen-bond donors (Lipinski definition) is 1. The highest BCUT2D eigenvalue weighted by atomic mass is 16.1. The van der Waals surface area contributed by atoms with E-state index in [4.69, 9.17) is 0 Å². The first kappa shape index (κ1) is 18.7. The van der Waals surface area contributed by atoms with Gasteiger partial charge in [0, 0.05) is 6.92 Å². The number of rotatable bonds is 4. The van der Waals surface area contributed by atoms with Gasteiger partial charge in [-0.05, 0) is 105 Å². The number of benzene rings is 1. The zero-order chi connectivity index (χ0) is 19.1. The molecule has 4 aliphatic rings. The first-order valence-corrected chi connectivity index (χ1v) is 11.7. The largest absolute Gasteiger partial charge is 0.350 e. The van der Waals surface area contributed by atoms with E-state index < -0.39 is 0 Å². The number of nitrogens with one attached hydrogen (secondary N) is 1. The third kappa shape index (κ3) is 3.40. The summed E-state index contributed by atoms with van der Waals surface area (Å²) in [5, 5.41) is 3.18. The standard InChI is InChI=1S/C25H36N2O/c1-18(28)26-24-8-10-25(23-5-3-2-4-22(23)24)11-14-27(15-12-25)13-9-21-17-19-6-7-20(21)16-19/h2-5,19-21,24H,6-17H2,1H3,(H,26,28)/t19?,20?,21?,24-/m0/s1. The number of fused-ring (bicyclic) bond motifs is 4. The van der Waals surface area contributed by atoms with Crippen molar-refractivity contribution in [1.29, 1.82) is 0 Å². The van der Waals surface area contributed by atoms with Crippen molar-refractivity contribution in [2.24, 2.45) is 17.8 Å². The molecule has 2 bridgehead atoms. The van der Waals surface area contributed by atoms with Crippen LogP contribution in [-0.2, 0) is 10.2 Å². The molecule has 3 unspecified atom stereocenters. The fraction of sp³-hybridized carbons (Fsp3) is 0.720. The molecular formula is C25H36N2O. The fourth-order valence-electron chi connectivity index (χ4n) is 7.19. The third-order valence-electron chi connectivity index (χ3n) is 8.71. The van der Waals surface area contributed by atoms with Gasteiger partial charge in [0.05, 0.1) is 6.04 Å². The van der Waals surface area contributed by atoms with Crippen LogP contribution in [0.4, 0.5) is 0 Å². The van der Waals surface area contributed by atoms with Crippen molar-refractivity contribution in [3.05, 3.63) is 35.4 Å². The molecule has 4 atom stereocenters. The highest BCUT2D eigenvalue weighted by molar-refractivity contribution is 5.73. The second kappa shape index (κ2) is 7.48. The summed E-state index contributed by atoms with van der Waals surface area (Å²) < 4.78 is 0. The van der Waals surface area contributed by atoms with Gasteiger partial charge in [0.1, 0.15) is 0 Å². The molecule has 1 saturated heterocycles. The van der Waals surface area contributed by atoms with E-state index in [-0.39, 0.29) is 11.9 Å². The summed E-state index contributed by atoms with van der Waals surface area (Å²) >= 11 is 0. The Morgan fingerprint density at radius 2 is 1.93 bits per heavy atom. The monoisotopic (exact) mass is 380 g/mol. The zero-order valence-corrected chi connectivity index (χ0v) is 17.5. The van der Waals surface area contributed by atoms with E-state index >= 15 is 0 Å². The summed E-state index contributed by atoms with van der Waals surface area (Å²) in [7, 11) is 0. The number of nitrogens with zero attached hydrogens (tertiary/aromatic N) is 1. The van der Waals surface area contributed by atoms with Gasteiger partial charge in [0.2, 0.25) is 5.91 Å². The second-order valence-electron chi connectivity index (χ2n) is 10.2. The van der Waals surface area contributed by atoms with E-state index in [1.165, 1.54) is 75.7 Å². The van der Waals surface area contributed by atoms with E-state index in [1.54, 1.807) is 13.3 Å². The Hall–Kier alpha value is -1.35. The molecule has 152 valence electrons. The van der Waals surface area contributed by atoms with Crippen molar-refractivity contribution in [2.45, 2.75) is 76.2 Å². The summed E-state index contributed by atoms with van der Waals surface area (Å²) in [5.41, 5.74) is 3.24. The van der Waals surface area contributed by atoms with E-state index in [2.05, 4.69) is 34.5 Å². The second-order valence-corrected chi connectivity index (χ2v) is 10.2. The summed E-state index contributed by atoms with van der Waals surface area (Å²) in [4.78, 5) is 14.4. The Bertz CT molecular complexity index is 721. The van der Waals surface area contributed by atoms with E-state index in [1.807, 2.05) is 0 Å². The molecular weight excluding hydrogens is 344 g/mol. The molecule has 1 aliphatic heterocycles. The van der Waals surface area contributed by atoms with Gasteiger partial charge in [-0.15, -0.1) is 0 Å². The molecule has 2 saturated carbocycles. The average Bonchev–Trinajstić information content (AvgIpc) is 3.33. The SMILES string of the molecule is CC(=O)N[C@H]1CCC2(CCN(CCC3CC4CCC3C4)CC2)c2ccccc21. The molecule has 28 heavy (non-hydrogen) atoms. The van der Waals surface area contributed by atoms with Crippen molar-refractivity contribution in [3.8, 4) is 0 Å². The van der Waals surface area contributed by atoms with Gasteiger partial charge in [-0.1, -0.05) is 30.7 Å². The van der Waals surface area contributed by atoms with Crippen molar-refractivity contribution < 1.29 is 4.79 Å². The molecule has 3 aliphatic carbocycles. The van der Waals surface area contributed by atoms with Gasteiger partial charge in [0.25, 0.3) is 0 Å². The van der Waals surface area contributed by atoms with Crippen LogP contribution in [0.15, 0.2) is 24.3 Å². The molecule has 5 rings (SSSR count). The third-order valence-corrected chi connectivity index (χ3v) is 8.71. The number of carbonyl (C=O) groups is 1. The summed E-state index contributed by atoms with van der Waals surface area (Å²) in [5.74, 6) is 3.27. The topological polar surface area (TPSA) is 32.3 Å². The van der Waals surface area contributed by atoms with Gasteiger partial charge in [-0.25, -0.2) is 0 Å². The van der Waals surface area contributed by atoms with Crippen LogP contribution < -0.4 is 5.32 Å². The van der Waals surface area contributed by atoms with Crippen molar-refractivity contribution in [2.75, 3.05) is 19.6 Å². The van der Waals surface area contributed by atoms with Crippen LogP contribution in [0.3, 0.4) is 0 Å². The highest BCUT2D eigenvalue weighted by Crippen LogP contribution is 2.50. The van der Waals surface area contributed by atoms with Gasteiger partial charge < -0.3 is 10.2 Å². The predicted molar refractivity (Wildman–Crippen MR) is 113 cm³/mol.